The normalized spacial score (nSPS) is 10.9. The summed E-state index contributed by atoms with van der Waals surface area (Å²) in [7, 11) is 0. The maximum atomic E-state index is 12.6. The van der Waals surface area contributed by atoms with Crippen LogP contribution in [0.15, 0.2) is 18.2 Å². The van der Waals surface area contributed by atoms with Gasteiger partial charge in [-0.25, -0.2) is 4.79 Å². The summed E-state index contributed by atoms with van der Waals surface area (Å²) >= 11 is 0. The van der Waals surface area contributed by atoms with E-state index in [1.165, 1.54) is 19.1 Å². The SMILES string of the molecule is Cc1ccc(NC(=O)NCC(=O)O)cc1C(F)(F)F. The topological polar surface area (TPSA) is 78.4 Å². The largest absolute Gasteiger partial charge is 0.480 e. The Balaban J connectivity index is 2.80. The zero-order valence-electron chi connectivity index (χ0n) is 9.84. The number of aryl methyl sites for hydroxylation is 1. The van der Waals surface area contributed by atoms with Crippen molar-refractivity contribution in [1.82, 2.24) is 5.32 Å². The van der Waals surface area contributed by atoms with Crippen molar-refractivity contribution in [2.24, 2.45) is 0 Å². The van der Waals surface area contributed by atoms with Gasteiger partial charge >= 0.3 is 18.2 Å². The van der Waals surface area contributed by atoms with Crippen LogP contribution in [-0.2, 0) is 11.0 Å². The lowest BCUT2D eigenvalue weighted by Crippen LogP contribution is -2.33. The third-order valence-corrected chi connectivity index (χ3v) is 2.20. The van der Waals surface area contributed by atoms with E-state index in [4.69, 9.17) is 5.11 Å². The zero-order chi connectivity index (χ0) is 14.6. The fourth-order valence-electron chi connectivity index (χ4n) is 1.34. The molecule has 1 aromatic rings. The lowest BCUT2D eigenvalue weighted by molar-refractivity contribution is -0.138. The van der Waals surface area contributed by atoms with Gasteiger partial charge in [-0.3, -0.25) is 4.79 Å². The third-order valence-electron chi connectivity index (χ3n) is 2.20. The summed E-state index contributed by atoms with van der Waals surface area (Å²) in [5, 5.41) is 12.4. The molecule has 0 aliphatic rings. The molecule has 1 rings (SSSR count). The first-order valence-corrected chi connectivity index (χ1v) is 5.14. The van der Waals surface area contributed by atoms with Crippen molar-refractivity contribution in [3.63, 3.8) is 0 Å². The number of halogens is 3. The first-order valence-electron chi connectivity index (χ1n) is 5.14. The highest BCUT2D eigenvalue weighted by molar-refractivity contribution is 5.91. The number of carbonyl (C=O) groups is 2. The van der Waals surface area contributed by atoms with Crippen molar-refractivity contribution in [2.45, 2.75) is 13.1 Å². The van der Waals surface area contributed by atoms with Gasteiger partial charge in [-0.1, -0.05) is 6.07 Å². The van der Waals surface area contributed by atoms with Crippen LogP contribution in [0.4, 0.5) is 23.7 Å². The number of anilines is 1. The predicted octanol–water partition coefficient (Wildman–Crippen LogP) is 2.22. The van der Waals surface area contributed by atoms with E-state index < -0.39 is 30.3 Å². The monoisotopic (exact) mass is 276 g/mol. The van der Waals surface area contributed by atoms with Crippen LogP contribution in [0.1, 0.15) is 11.1 Å². The molecule has 0 unspecified atom stereocenters. The van der Waals surface area contributed by atoms with Gasteiger partial charge in [0.05, 0.1) is 5.56 Å². The Morgan fingerprint density at radius 1 is 1.32 bits per heavy atom. The van der Waals surface area contributed by atoms with Gasteiger partial charge in [0.15, 0.2) is 0 Å². The predicted molar refractivity (Wildman–Crippen MR) is 60.8 cm³/mol. The van der Waals surface area contributed by atoms with Crippen LogP contribution in [0, 0.1) is 6.92 Å². The Bertz CT molecular complexity index is 500. The van der Waals surface area contributed by atoms with E-state index in [0.29, 0.717) is 0 Å². The van der Waals surface area contributed by atoms with Crippen molar-refractivity contribution in [2.75, 3.05) is 11.9 Å². The van der Waals surface area contributed by atoms with Crippen LogP contribution in [0.5, 0.6) is 0 Å². The van der Waals surface area contributed by atoms with Gasteiger partial charge in [-0.2, -0.15) is 13.2 Å². The smallest absolute Gasteiger partial charge is 0.416 e. The van der Waals surface area contributed by atoms with Gasteiger partial charge in [0.25, 0.3) is 0 Å². The van der Waals surface area contributed by atoms with E-state index in [1.54, 1.807) is 0 Å². The molecule has 8 heteroatoms. The molecule has 0 fully saturated rings. The van der Waals surface area contributed by atoms with Crippen LogP contribution < -0.4 is 10.6 Å². The molecule has 0 aromatic heterocycles. The number of carbonyl (C=O) groups excluding carboxylic acids is 1. The van der Waals surface area contributed by atoms with Gasteiger partial charge in [0.1, 0.15) is 6.54 Å². The molecule has 104 valence electrons. The highest BCUT2D eigenvalue weighted by Crippen LogP contribution is 2.33. The Morgan fingerprint density at radius 3 is 2.47 bits per heavy atom. The molecule has 0 aliphatic heterocycles. The average molecular weight is 276 g/mol. The quantitative estimate of drug-likeness (QED) is 0.792. The molecule has 0 aliphatic carbocycles. The minimum absolute atomic E-state index is 0.0315. The van der Waals surface area contributed by atoms with E-state index in [-0.39, 0.29) is 11.3 Å². The number of aliphatic carboxylic acids is 1. The van der Waals surface area contributed by atoms with Crippen LogP contribution in [0.2, 0.25) is 0 Å². The van der Waals surface area contributed by atoms with Gasteiger partial charge in [0, 0.05) is 5.69 Å². The number of amides is 2. The third kappa shape index (κ3) is 4.49. The summed E-state index contributed by atoms with van der Waals surface area (Å²) in [5.41, 5.74) is -0.895. The Labute approximate surface area is 106 Å². The molecule has 19 heavy (non-hydrogen) atoms. The molecule has 0 heterocycles. The summed E-state index contributed by atoms with van der Waals surface area (Å²) < 4.78 is 37.8. The number of carboxylic acids is 1. The molecule has 1 aromatic carbocycles. The number of nitrogens with one attached hydrogen (secondary N) is 2. The number of hydrogen-bond donors (Lipinski definition) is 3. The first kappa shape index (κ1) is 14.8. The Morgan fingerprint density at radius 2 is 1.95 bits per heavy atom. The number of urea groups is 1. The van der Waals surface area contributed by atoms with E-state index in [2.05, 4.69) is 5.32 Å². The second-order valence-electron chi connectivity index (χ2n) is 3.73. The number of carboxylic acid groups (broad SMARTS) is 1. The Hall–Kier alpha value is -2.25. The second kappa shape index (κ2) is 5.59. The highest BCUT2D eigenvalue weighted by Gasteiger charge is 2.32. The fourth-order valence-corrected chi connectivity index (χ4v) is 1.34. The van der Waals surface area contributed by atoms with E-state index in [0.717, 1.165) is 6.07 Å². The van der Waals surface area contributed by atoms with Gasteiger partial charge in [-0.05, 0) is 24.6 Å². The van der Waals surface area contributed by atoms with Crippen molar-refractivity contribution in [1.29, 1.82) is 0 Å². The molecule has 0 spiro atoms. The summed E-state index contributed by atoms with van der Waals surface area (Å²) in [6.07, 6.45) is -4.51. The summed E-state index contributed by atoms with van der Waals surface area (Å²) in [5.74, 6) is -1.25. The lowest BCUT2D eigenvalue weighted by Gasteiger charge is -2.12. The van der Waals surface area contributed by atoms with Crippen LogP contribution in [0.25, 0.3) is 0 Å². The lowest BCUT2D eigenvalue weighted by atomic mass is 10.1. The van der Waals surface area contributed by atoms with Crippen LogP contribution >= 0.6 is 0 Å². The molecule has 5 nitrogen and oxygen atoms in total. The van der Waals surface area contributed by atoms with Crippen LogP contribution in [0.3, 0.4) is 0 Å². The zero-order valence-corrected chi connectivity index (χ0v) is 9.84. The number of alkyl halides is 3. The van der Waals surface area contributed by atoms with E-state index in [9.17, 15) is 22.8 Å². The maximum Gasteiger partial charge on any atom is 0.416 e. The molecule has 0 saturated carbocycles. The van der Waals surface area contributed by atoms with Crippen molar-refractivity contribution >= 4 is 17.7 Å². The molecule has 0 saturated heterocycles. The van der Waals surface area contributed by atoms with Gasteiger partial charge < -0.3 is 15.7 Å². The molecular formula is C11H11F3N2O3. The molecule has 0 atom stereocenters. The molecule has 3 N–H and O–H groups in total. The summed E-state index contributed by atoms with van der Waals surface area (Å²) in [4.78, 5) is 21.4. The fraction of sp³-hybridized carbons (Fsp3) is 0.273. The standard InChI is InChI=1S/C11H11F3N2O3/c1-6-2-3-7(4-8(6)11(12,13)14)16-10(19)15-5-9(17)18/h2-4H,5H2,1H3,(H,17,18)(H2,15,16,19). The number of hydrogen-bond acceptors (Lipinski definition) is 2. The minimum Gasteiger partial charge on any atom is -0.480 e. The van der Waals surface area contributed by atoms with E-state index in [1.807, 2.05) is 5.32 Å². The van der Waals surface area contributed by atoms with Gasteiger partial charge in [0.2, 0.25) is 0 Å². The highest BCUT2D eigenvalue weighted by atomic mass is 19.4. The summed E-state index contributed by atoms with van der Waals surface area (Å²) in [6.45, 7) is 0.681. The van der Waals surface area contributed by atoms with Gasteiger partial charge in [-0.15, -0.1) is 0 Å². The molecule has 2 amide bonds. The van der Waals surface area contributed by atoms with Crippen molar-refractivity contribution < 1.29 is 27.9 Å². The number of rotatable bonds is 3. The summed E-state index contributed by atoms with van der Waals surface area (Å²) in [6, 6.07) is 2.41. The van der Waals surface area contributed by atoms with E-state index >= 15 is 0 Å². The Kier molecular flexibility index (Phi) is 4.36. The molecular weight excluding hydrogens is 265 g/mol. The number of benzene rings is 1. The maximum absolute atomic E-state index is 12.6. The van der Waals surface area contributed by atoms with Crippen molar-refractivity contribution in [3.05, 3.63) is 29.3 Å². The first-order chi connectivity index (χ1) is 8.70. The molecule has 0 radical (unpaired) electrons. The minimum atomic E-state index is -4.51. The second-order valence-corrected chi connectivity index (χ2v) is 3.73. The molecule has 0 bridgehead atoms. The van der Waals surface area contributed by atoms with Crippen LogP contribution in [-0.4, -0.2) is 23.7 Å². The van der Waals surface area contributed by atoms with Crippen molar-refractivity contribution in [3.8, 4) is 0 Å². The average Bonchev–Trinajstić information content (AvgIpc) is 2.27.